The Kier molecular flexibility index (Phi) is 7.72. The smallest absolute Gasteiger partial charge is 0.240 e. The summed E-state index contributed by atoms with van der Waals surface area (Å²) in [6.45, 7) is 2.68. The van der Waals surface area contributed by atoms with Crippen molar-refractivity contribution in [1.82, 2.24) is 4.90 Å². The second-order valence-corrected chi connectivity index (χ2v) is 6.90. The first-order chi connectivity index (χ1) is 13.1. The molecule has 0 bridgehead atoms. The molecule has 0 radical (unpaired) electrons. The molecule has 6 heteroatoms. The molecule has 2 aromatic rings. The minimum absolute atomic E-state index is 0. The Hall–Kier alpha value is -2.24. The first-order valence-electron chi connectivity index (χ1n) is 9.46. The lowest BCUT2D eigenvalue weighted by atomic mass is 9.87. The molecule has 1 aliphatic heterocycles. The molecule has 28 heavy (non-hydrogen) atoms. The van der Waals surface area contributed by atoms with Gasteiger partial charge in [-0.25, -0.2) is 0 Å². The number of hydrogen-bond acceptors (Lipinski definition) is 4. The van der Waals surface area contributed by atoms with Gasteiger partial charge in [-0.2, -0.15) is 0 Å². The van der Waals surface area contributed by atoms with Gasteiger partial charge in [0.05, 0.1) is 26.3 Å². The lowest BCUT2D eigenvalue weighted by molar-refractivity contribution is -0.134. The molecule has 0 fully saturated rings. The van der Waals surface area contributed by atoms with Crippen molar-refractivity contribution in [3.63, 3.8) is 0 Å². The number of hydrogen-bond donors (Lipinski definition) is 1. The summed E-state index contributed by atoms with van der Waals surface area (Å²) in [6.07, 6.45) is 2.34. The molecule has 2 unspecified atom stereocenters. The van der Waals surface area contributed by atoms with Crippen LogP contribution in [0.5, 0.6) is 11.5 Å². The van der Waals surface area contributed by atoms with E-state index in [-0.39, 0.29) is 24.4 Å². The van der Waals surface area contributed by atoms with Crippen molar-refractivity contribution < 1.29 is 14.3 Å². The largest absolute Gasteiger partial charge is 0.493 e. The number of nitrogens with two attached hydrogens (primary N) is 1. The molecule has 152 valence electrons. The van der Waals surface area contributed by atoms with E-state index in [0.29, 0.717) is 24.5 Å². The average Bonchev–Trinajstić information content (AvgIpc) is 2.72. The predicted octanol–water partition coefficient (Wildman–Crippen LogP) is 3.73. The average molecular weight is 405 g/mol. The van der Waals surface area contributed by atoms with Crippen LogP contribution in [0.25, 0.3) is 0 Å². The monoisotopic (exact) mass is 404 g/mol. The fourth-order valence-electron chi connectivity index (χ4n) is 3.83. The van der Waals surface area contributed by atoms with Gasteiger partial charge in [0.15, 0.2) is 11.5 Å². The third-order valence-electron chi connectivity index (χ3n) is 5.19. The third kappa shape index (κ3) is 4.26. The molecule has 2 aromatic carbocycles. The van der Waals surface area contributed by atoms with Gasteiger partial charge in [-0.15, -0.1) is 12.4 Å². The summed E-state index contributed by atoms with van der Waals surface area (Å²) in [5.41, 5.74) is 9.50. The number of nitrogens with zero attached hydrogens (tertiary/aromatic N) is 1. The van der Waals surface area contributed by atoms with Crippen molar-refractivity contribution in [2.24, 2.45) is 5.73 Å². The minimum atomic E-state index is -0.470. The second-order valence-electron chi connectivity index (χ2n) is 6.90. The Labute approximate surface area is 173 Å². The number of rotatable bonds is 6. The predicted molar refractivity (Wildman–Crippen MR) is 113 cm³/mol. The number of ether oxygens (including phenoxy) is 2. The quantitative estimate of drug-likeness (QED) is 0.796. The summed E-state index contributed by atoms with van der Waals surface area (Å²) < 4.78 is 11.0. The fraction of sp³-hybridized carbons (Fsp3) is 0.409. The van der Waals surface area contributed by atoms with E-state index in [4.69, 9.17) is 15.2 Å². The van der Waals surface area contributed by atoms with Crippen LogP contribution in [0.15, 0.2) is 42.5 Å². The van der Waals surface area contributed by atoms with E-state index in [0.717, 1.165) is 24.0 Å². The van der Waals surface area contributed by atoms with E-state index < -0.39 is 6.04 Å². The SMILES string of the molecule is CCCC(N)C(=O)N1CCc2cc(OC)c(OC)cc2C1c1ccccc1.Cl. The molecule has 5 nitrogen and oxygen atoms in total. The molecule has 0 saturated heterocycles. The molecule has 1 amide bonds. The first-order valence-corrected chi connectivity index (χ1v) is 9.46. The second kappa shape index (κ2) is 9.80. The maximum Gasteiger partial charge on any atom is 0.240 e. The van der Waals surface area contributed by atoms with Gasteiger partial charge in [0.2, 0.25) is 5.91 Å². The Balaban J connectivity index is 0.00000280. The van der Waals surface area contributed by atoms with Crippen LogP contribution in [-0.2, 0) is 11.2 Å². The highest BCUT2D eigenvalue weighted by atomic mass is 35.5. The summed E-state index contributed by atoms with van der Waals surface area (Å²) >= 11 is 0. The minimum Gasteiger partial charge on any atom is -0.493 e. The van der Waals surface area contributed by atoms with E-state index in [2.05, 4.69) is 12.1 Å². The van der Waals surface area contributed by atoms with Crippen LogP contribution in [-0.4, -0.2) is 37.6 Å². The normalized spacial score (nSPS) is 16.6. The Morgan fingerprint density at radius 3 is 2.43 bits per heavy atom. The molecule has 1 heterocycles. The highest BCUT2D eigenvalue weighted by molar-refractivity contribution is 5.85. The van der Waals surface area contributed by atoms with E-state index in [1.807, 2.05) is 42.2 Å². The summed E-state index contributed by atoms with van der Waals surface area (Å²) in [5, 5.41) is 0. The number of benzene rings is 2. The van der Waals surface area contributed by atoms with Gasteiger partial charge in [0.1, 0.15) is 0 Å². The number of methoxy groups -OCH3 is 2. The van der Waals surface area contributed by atoms with Crippen LogP contribution >= 0.6 is 12.4 Å². The van der Waals surface area contributed by atoms with Crippen LogP contribution < -0.4 is 15.2 Å². The van der Waals surface area contributed by atoms with E-state index in [1.54, 1.807) is 14.2 Å². The Morgan fingerprint density at radius 1 is 1.18 bits per heavy atom. The van der Waals surface area contributed by atoms with Gasteiger partial charge in [-0.05, 0) is 41.7 Å². The highest BCUT2D eigenvalue weighted by Crippen LogP contribution is 2.41. The zero-order valence-corrected chi connectivity index (χ0v) is 17.5. The highest BCUT2D eigenvalue weighted by Gasteiger charge is 2.34. The van der Waals surface area contributed by atoms with Crippen LogP contribution in [0.3, 0.4) is 0 Å². The number of fused-ring (bicyclic) bond motifs is 1. The van der Waals surface area contributed by atoms with Crippen molar-refractivity contribution in [1.29, 1.82) is 0 Å². The molecule has 2 atom stereocenters. The van der Waals surface area contributed by atoms with Crippen LogP contribution in [0, 0.1) is 0 Å². The fourth-order valence-corrected chi connectivity index (χ4v) is 3.83. The molecular weight excluding hydrogens is 376 g/mol. The number of carbonyl (C=O) groups is 1. The van der Waals surface area contributed by atoms with Gasteiger partial charge in [0, 0.05) is 6.54 Å². The molecule has 1 aliphatic rings. The number of halogens is 1. The van der Waals surface area contributed by atoms with Gasteiger partial charge < -0.3 is 20.1 Å². The number of amides is 1. The van der Waals surface area contributed by atoms with Gasteiger partial charge >= 0.3 is 0 Å². The van der Waals surface area contributed by atoms with Crippen LogP contribution in [0.2, 0.25) is 0 Å². The van der Waals surface area contributed by atoms with Crippen molar-refractivity contribution in [2.45, 2.75) is 38.3 Å². The summed E-state index contributed by atoms with van der Waals surface area (Å²) in [4.78, 5) is 15.0. The topological polar surface area (TPSA) is 64.8 Å². The summed E-state index contributed by atoms with van der Waals surface area (Å²) in [5.74, 6) is 1.39. The van der Waals surface area contributed by atoms with E-state index in [1.165, 1.54) is 5.56 Å². The maximum absolute atomic E-state index is 13.1. The first kappa shape index (κ1) is 22.1. The Morgan fingerprint density at radius 2 is 1.82 bits per heavy atom. The zero-order chi connectivity index (χ0) is 19.4. The van der Waals surface area contributed by atoms with Crippen molar-refractivity contribution in [2.75, 3.05) is 20.8 Å². The van der Waals surface area contributed by atoms with Gasteiger partial charge in [-0.3, -0.25) is 4.79 Å². The standard InChI is InChI=1S/C22H28N2O3.ClH/c1-4-8-18(23)22(25)24-12-11-16-13-19(26-2)20(27-3)14-17(16)21(24)15-9-6-5-7-10-15;/h5-7,9-10,13-14,18,21H,4,8,11-12,23H2,1-3H3;1H. The number of carbonyl (C=O) groups excluding carboxylic acids is 1. The van der Waals surface area contributed by atoms with Gasteiger partial charge in [-0.1, -0.05) is 43.7 Å². The van der Waals surface area contributed by atoms with Crippen molar-refractivity contribution >= 4 is 18.3 Å². The van der Waals surface area contributed by atoms with Crippen molar-refractivity contribution in [3.05, 3.63) is 59.2 Å². The molecule has 0 spiro atoms. The summed E-state index contributed by atoms with van der Waals surface area (Å²) in [7, 11) is 3.27. The molecule has 2 N–H and O–H groups in total. The van der Waals surface area contributed by atoms with E-state index in [9.17, 15) is 4.79 Å². The molecule has 3 rings (SSSR count). The Bertz CT molecular complexity index is 798. The third-order valence-corrected chi connectivity index (χ3v) is 5.19. The lowest BCUT2D eigenvalue weighted by Gasteiger charge is -2.39. The zero-order valence-electron chi connectivity index (χ0n) is 16.7. The van der Waals surface area contributed by atoms with E-state index >= 15 is 0 Å². The maximum atomic E-state index is 13.1. The van der Waals surface area contributed by atoms with Gasteiger partial charge in [0.25, 0.3) is 0 Å². The summed E-state index contributed by atoms with van der Waals surface area (Å²) in [6, 6.07) is 13.5. The molecule has 0 aromatic heterocycles. The molecule has 0 aliphatic carbocycles. The van der Waals surface area contributed by atoms with Crippen molar-refractivity contribution in [3.8, 4) is 11.5 Å². The molecular formula is C22H29ClN2O3. The van der Waals surface area contributed by atoms with Crippen LogP contribution in [0.4, 0.5) is 0 Å². The van der Waals surface area contributed by atoms with Crippen LogP contribution in [0.1, 0.15) is 42.5 Å². The lowest BCUT2D eigenvalue weighted by Crippen LogP contribution is -2.48. The molecule has 0 saturated carbocycles.